The number of rotatable bonds is 5. The van der Waals surface area contributed by atoms with E-state index in [2.05, 4.69) is 12.1 Å². The first-order valence-electron chi connectivity index (χ1n) is 4.78. The molecule has 76 valence electrons. The molecule has 0 amide bonds. The van der Waals surface area contributed by atoms with E-state index in [0.29, 0.717) is 6.42 Å². The van der Waals surface area contributed by atoms with E-state index in [1.165, 1.54) is 5.56 Å². The minimum atomic E-state index is 0.203. The van der Waals surface area contributed by atoms with Gasteiger partial charge in [-0.05, 0) is 24.5 Å². The van der Waals surface area contributed by atoms with Gasteiger partial charge in [0, 0.05) is 13.5 Å². The molecule has 1 aromatic rings. The zero-order valence-electron chi connectivity index (χ0n) is 8.75. The molecule has 0 saturated carbocycles. The number of hydrogen-bond acceptors (Lipinski definition) is 2. The highest BCUT2D eigenvalue weighted by molar-refractivity contribution is 5.78. The Morgan fingerprint density at radius 2 is 2.07 bits per heavy atom. The Balaban J connectivity index is 2.63. The molecule has 0 atom stereocenters. The highest BCUT2D eigenvalue weighted by Crippen LogP contribution is 2.07. The first kappa shape index (κ1) is 10.9. The molecule has 2 heteroatoms. The average Bonchev–Trinajstić information content (AvgIpc) is 2.14. The van der Waals surface area contributed by atoms with Crippen LogP contribution in [-0.4, -0.2) is 19.5 Å². The predicted octanol–water partition coefficient (Wildman–Crippen LogP) is 2.01. The highest BCUT2D eigenvalue weighted by Gasteiger charge is 1.99. The smallest absolute Gasteiger partial charge is 0.134 e. The molecule has 0 aromatic heterocycles. The van der Waals surface area contributed by atoms with Gasteiger partial charge in [-0.25, -0.2) is 0 Å². The normalized spacial score (nSPS) is 10.1. The van der Waals surface area contributed by atoms with Crippen LogP contribution in [0.3, 0.4) is 0 Å². The summed E-state index contributed by atoms with van der Waals surface area (Å²) in [6, 6.07) is 8.10. The largest absolute Gasteiger partial charge is 0.384 e. The van der Waals surface area contributed by atoms with E-state index in [1.807, 2.05) is 12.1 Å². The molecule has 0 fully saturated rings. The summed E-state index contributed by atoms with van der Waals surface area (Å²) in [6.45, 7) is 2.34. The van der Waals surface area contributed by atoms with Gasteiger partial charge in [0.25, 0.3) is 0 Å². The Hall–Kier alpha value is -1.15. The second-order valence-corrected chi connectivity index (χ2v) is 3.44. The maximum atomic E-state index is 10.9. The molecule has 1 aromatic carbocycles. The predicted molar refractivity (Wildman–Crippen MR) is 56.4 cm³/mol. The van der Waals surface area contributed by atoms with Crippen LogP contribution in [0, 0.1) is 0 Å². The van der Waals surface area contributed by atoms with Crippen LogP contribution < -0.4 is 0 Å². The summed E-state index contributed by atoms with van der Waals surface area (Å²) < 4.78 is 5.00. The molecule has 0 bridgehead atoms. The quantitative estimate of drug-likeness (QED) is 0.713. The molecule has 0 radical (unpaired) electrons. The van der Waals surface area contributed by atoms with Gasteiger partial charge in [-0.2, -0.15) is 0 Å². The molecule has 0 unspecified atom stereocenters. The first-order chi connectivity index (χ1) is 6.72. The van der Waals surface area contributed by atoms with Crippen molar-refractivity contribution in [2.75, 3.05) is 13.7 Å². The van der Waals surface area contributed by atoms with Gasteiger partial charge >= 0.3 is 0 Å². The van der Waals surface area contributed by atoms with Crippen LogP contribution in [0.5, 0.6) is 0 Å². The van der Waals surface area contributed by atoms with Crippen LogP contribution in [0.25, 0.3) is 0 Å². The molecule has 0 aliphatic carbocycles. The molecule has 1 rings (SSSR count). The number of Topliss-reactive ketones (excluding diaryl/α,β-unsaturated/α-hetero) is 1. The third-order valence-electron chi connectivity index (χ3n) is 2.04. The average molecular weight is 192 g/mol. The zero-order valence-corrected chi connectivity index (χ0v) is 8.75. The molecular weight excluding hydrogens is 176 g/mol. The van der Waals surface area contributed by atoms with Crippen molar-refractivity contribution in [1.82, 2.24) is 0 Å². The van der Waals surface area contributed by atoms with Gasteiger partial charge in [0.15, 0.2) is 0 Å². The van der Waals surface area contributed by atoms with Crippen LogP contribution in [0.1, 0.15) is 18.1 Å². The number of benzene rings is 1. The van der Waals surface area contributed by atoms with E-state index < -0.39 is 0 Å². The molecule has 0 N–H and O–H groups in total. The van der Waals surface area contributed by atoms with Crippen LogP contribution in [-0.2, 0) is 22.4 Å². The molecule has 2 nitrogen and oxygen atoms in total. The lowest BCUT2D eigenvalue weighted by molar-refractivity contribution is -0.116. The number of hydrogen-bond donors (Lipinski definition) is 0. The van der Waals surface area contributed by atoms with Crippen molar-refractivity contribution in [1.29, 1.82) is 0 Å². The Bertz CT molecular complexity index is 305. The fourth-order valence-electron chi connectivity index (χ4n) is 1.40. The summed E-state index contributed by atoms with van der Waals surface area (Å²) in [5.74, 6) is 0.203. The molecule has 0 aliphatic rings. The van der Waals surface area contributed by atoms with Gasteiger partial charge in [-0.15, -0.1) is 0 Å². The summed E-state index contributed by atoms with van der Waals surface area (Å²) in [7, 11) is 1.69. The van der Waals surface area contributed by atoms with Crippen LogP contribution in [0.2, 0.25) is 0 Å². The summed E-state index contributed by atoms with van der Waals surface area (Å²) in [5, 5.41) is 0. The number of ether oxygens (including phenoxy) is 1. The van der Waals surface area contributed by atoms with E-state index in [-0.39, 0.29) is 5.78 Å². The number of carbonyl (C=O) groups excluding carboxylic acids is 1. The Morgan fingerprint density at radius 3 is 2.71 bits per heavy atom. The van der Waals surface area contributed by atoms with Crippen molar-refractivity contribution < 1.29 is 9.53 Å². The van der Waals surface area contributed by atoms with Gasteiger partial charge in [0.1, 0.15) is 5.78 Å². The summed E-state index contributed by atoms with van der Waals surface area (Å²) in [5.41, 5.74) is 2.32. The van der Waals surface area contributed by atoms with Crippen molar-refractivity contribution in [3.05, 3.63) is 35.4 Å². The standard InChI is InChI=1S/C12H16O2/c1-10(13)8-12-5-3-4-11(9-12)6-7-14-2/h3-5,9H,6-8H2,1-2H3. The molecule has 0 aliphatic heterocycles. The van der Waals surface area contributed by atoms with Gasteiger partial charge in [-0.1, -0.05) is 24.3 Å². The molecular formula is C12H16O2. The number of carbonyl (C=O) groups is 1. The van der Waals surface area contributed by atoms with Crippen LogP contribution >= 0.6 is 0 Å². The van der Waals surface area contributed by atoms with Crippen molar-refractivity contribution in [2.24, 2.45) is 0 Å². The minimum absolute atomic E-state index is 0.203. The SMILES string of the molecule is COCCc1cccc(CC(C)=O)c1. The topological polar surface area (TPSA) is 26.3 Å². The molecule has 0 saturated heterocycles. The van der Waals surface area contributed by atoms with E-state index in [0.717, 1.165) is 18.6 Å². The van der Waals surface area contributed by atoms with Crippen LogP contribution in [0.15, 0.2) is 24.3 Å². The van der Waals surface area contributed by atoms with E-state index in [1.54, 1.807) is 14.0 Å². The highest BCUT2D eigenvalue weighted by atomic mass is 16.5. The van der Waals surface area contributed by atoms with Crippen LogP contribution in [0.4, 0.5) is 0 Å². The lowest BCUT2D eigenvalue weighted by atomic mass is 10.0. The summed E-state index contributed by atoms with van der Waals surface area (Å²) in [4.78, 5) is 10.9. The van der Waals surface area contributed by atoms with E-state index in [9.17, 15) is 4.79 Å². The van der Waals surface area contributed by atoms with E-state index in [4.69, 9.17) is 4.74 Å². The molecule has 0 spiro atoms. The second kappa shape index (κ2) is 5.55. The maximum Gasteiger partial charge on any atom is 0.134 e. The monoisotopic (exact) mass is 192 g/mol. The molecule has 0 heterocycles. The van der Waals surface area contributed by atoms with Gasteiger partial charge in [-0.3, -0.25) is 4.79 Å². The van der Waals surface area contributed by atoms with Crippen molar-refractivity contribution in [3.63, 3.8) is 0 Å². The fraction of sp³-hybridized carbons (Fsp3) is 0.417. The van der Waals surface area contributed by atoms with Gasteiger partial charge < -0.3 is 4.74 Å². The zero-order chi connectivity index (χ0) is 10.4. The van der Waals surface area contributed by atoms with Crippen molar-refractivity contribution in [3.8, 4) is 0 Å². The summed E-state index contributed by atoms with van der Waals surface area (Å²) in [6.07, 6.45) is 1.43. The molecule has 14 heavy (non-hydrogen) atoms. The minimum Gasteiger partial charge on any atom is -0.384 e. The van der Waals surface area contributed by atoms with E-state index >= 15 is 0 Å². The third-order valence-corrected chi connectivity index (χ3v) is 2.04. The Morgan fingerprint density at radius 1 is 1.36 bits per heavy atom. The lowest BCUT2D eigenvalue weighted by Crippen LogP contribution is -1.99. The Kier molecular flexibility index (Phi) is 4.33. The Labute approximate surface area is 84.9 Å². The number of ketones is 1. The van der Waals surface area contributed by atoms with Gasteiger partial charge in [0.05, 0.1) is 6.61 Å². The lowest BCUT2D eigenvalue weighted by Gasteiger charge is -2.03. The third kappa shape index (κ3) is 3.71. The first-order valence-corrected chi connectivity index (χ1v) is 4.78. The second-order valence-electron chi connectivity index (χ2n) is 3.44. The fourth-order valence-corrected chi connectivity index (χ4v) is 1.40. The number of methoxy groups -OCH3 is 1. The van der Waals surface area contributed by atoms with Crippen molar-refractivity contribution >= 4 is 5.78 Å². The summed E-state index contributed by atoms with van der Waals surface area (Å²) >= 11 is 0. The maximum absolute atomic E-state index is 10.9. The van der Waals surface area contributed by atoms with Crippen molar-refractivity contribution in [2.45, 2.75) is 19.8 Å². The van der Waals surface area contributed by atoms with Gasteiger partial charge in [0.2, 0.25) is 0 Å².